The first-order valence-electron chi connectivity index (χ1n) is 17.4. The summed E-state index contributed by atoms with van der Waals surface area (Å²) in [6.45, 7) is 12.8. The number of ketones is 1. The molecule has 2 aromatic carbocycles. The number of aromatic nitrogens is 2. The molecule has 3 aromatic rings. The van der Waals surface area contributed by atoms with Gasteiger partial charge in [-0.25, -0.2) is 4.98 Å². The van der Waals surface area contributed by atoms with Crippen LogP contribution in [-0.2, 0) is 28.4 Å². The fourth-order valence-electron chi connectivity index (χ4n) is 8.16. The smallest absolute Gasteiger partial charge is 0.469 e. The van der Waals surface area contributed by atoms with E-state index in [4.69, 9.17) is 19.0 Å². The van der Waals surface area contributed by atoms with Crippen LogP contribution in [-0.4, -0.2) is 64.5 Å². The van der Waals surface area contributed by atoms with E-state index in [0.29, 0.717) is 12.3 Å². The molecule has 48 heavy (non-hydrogen) atoms. The van der Waals surface area contributed by atoms with Crippen molar-refractivity contribution in [3.8, 4) is 22.4 Å². The van der Waals surface area contributed by atoms with Crippen molar-refractivity contribution in [2.45, 2.75) is 103 Å². The summed E-state index contributed by atoms with van der Waals surface area (Å²) >= 11 is 0. The van der Waals surface area contributed by atoms with Crippen LogP contribution in [0.5, 0.6) is 0 Å². The SMILES string of the molecule is COC(=O)C[C@H](C(=O)N1CCC[C@H]1c1ncc(-c2ccc(-c3ccc(B4OC(C)(C)C(C)(C)O4)c4c3C3CCC4C3=O)cc2)[nH]1)C(C)C. The van der Waals surface area contributed by atoms with Crippen molar-refractivity contribution in [2.24, 2.45) is 11.8 Å². The van der Waals surface area contributed by atoms with Gasteiger partial charge in [0.1, 0.15) is 11.6 Å². The largest absolute Gasteiger partial charge is 0.495 e. The summed E-state index contributed by atoms with van der Waals surface area (Å²) in [6.07, 6.45) is 5.36. The molecule has 1 N–H and O–H groups in total. The van der Waals surface area contributed by atoms with Crippen molar-refractivity contribution in [1.29, 1.82) is 0 Å². The molecule has 10 heteroatoms. The molecule has 1 aromatic heterocycles. The van der Waals surface area contributed by atoms with E-state index >= 15 is 0 Å². The van der Waals surface area contributed by atoms with Crippen molar-refractivity contribution in [1.82, 2.24) is 14.9 Å². The minimum atomic E-state index is -0.503. The highest BCUT2D eigenvalue weighted by molar-refractivity contribution is 6.63. The Kier molecular flexibility index (Phi) is 8.18. The number of likely N-dealkylation sites (tertiary alicyclic amines) is 1. The number of nitrogens with one attached hydrogen (secondary N) is 1. The van der Waals surface area contributed by atoms with Gasteiger partial charge >= 0.3 is 13.1 Å². The minimum absolute atomic E-state index is 0.0120. The van der Waals surface area contributed by atoms with Gasteiger partial charge in [-0.15, -0.1) is 0 Å². The van der Waals surface area contributed by atoms with Gasteiger partial charge in [0.05, 0.1) is 48.6 Å². The third kappa shape index (κ3) is 5.32. The van der Waals surface area contributed by atoms with Crippen LogP contribution >= 0.6 is 0 Å². The minimum Gasteiger partial charge on any atom is -0.469 e. The second kappa shape index (κ2) is 12.0. The Balaban J connectivity index is 1.14. The van der Waals surface area contributed by atoms with Crippen molar-refractivity contribution < 1.29 is 28.4 Å². The first-order valence-corrected chi connectivity index (χ1v) is 17.4. The Hall–Kier alpha value is -3.76. The summed E-state index contributed by atoms with van der Waals surface area (Å²) in [5.41, 5.74) is 6.33. The van der Waals surface area contributed by atoms with Gasteiger partial charge in [0.25, 0.3) is 0 Å². The number of hydrogen-bond donors (Lipinski definition) is 1. The number of methoxy groups -OCH3 is 1. The Morgan fingerprint density at radius 2 is 1.62 bits per heavy atom. The van der Waals surface area contributed by atoms with E-state index < -0.39 is 24.2 Å². The molecule has 2 aliphatic heterocycles. The highest BCUT2D eigenvalue weighted by atomic mass is 16.7. The topological polar surface area (TPSA) is 111 Å². The van der Waals surface area contributed by atoms with Crippen molar-refractivity contribution in [2.75, 3.05) is 13.7 Å². The van der Waals surface area contributed by atoms with Crippen molar-refractivity contribution in [3.05, 3.63) is 59.5 Å². The molecule has 1 saturated carbocycles. The summed E-state index contributed by atoms with van der Waals surface area (Å²) < 4.78 is 17.8. The maximum atomic E-state index is 13.6. The molecule has 3 heterocycles. The number of hydrogen-bond acceptors (Lipinski definition) is 7. The predicted molar refractivity (Wildman–Crippen MR) is 184 cm³/mol. The Morgan fingerprint density at radius 3 is 2.27 bits per heavy atom. The summed E-state index contributed by atoms with van der Waals surface area (Å²) in [5, 5.41) is 0. The standard InChI is InChI=1S/C38H46BN3O6/c1-21(2)27(19-31(43)46-7)36(45)42-18-8-9-30(42)35-40-20-29(41-35)23-12-10-22(11-13-23)24-16-17-28(39-47-37(3,4)38(5,6)48-39)33-26-15-14-25(32(24)33)34(26)44/h10-13,16-17,20-21,25-27,30H,8-9,14-15,18-19H2,1-7H3,(H,40,41)/t25?,26?,27-,30-/m0/s1. The second-order valence-electron chi connectivity index (χ2n) is 15.3. The molecular weight excluding hydrogens is 605 g/mol. The van der Waals surface area contributed by atoms with E-state index in [-0.39, 0.29) is 42.1 Å². The number of carbonyl (C=O) groups is 3. The van der Waals surface area contributed by atoms with Gasteiger partial charge in [0.15, 0.2) is 0 Å². The average molecular weight is 652 g/mol. The number of nitrogens with zero attached hydrogens (tertiary/aromatic N) is 2. The van der Waals surface area contributed by atoms with Crippen LogP contribution in [0.1, 0.15) is 108 Å². The molecule has 2 bridgehead atoms. The highest BCUT2D eigenvalue weighted by Gasteiger charge is 2.55. The van der Waals surface area contributed by atoms with Crippen LogP contribution in [0.4, 0.5) is 0 Å². The van der Waals surface area contributed by atoms with Gasteiger partial charge < -0.3 is 23.9 Å². The van der Waals surface area contributed by atoms with Gasteiger partial charge in [-0.3, -0.25) is 14.4 Å². The quantitative estimate of drug-likeness (QED) is 0.232. The first-order chi connectivity index (χ1) is 22.8. The fraction of sp³-hybridized carbons (Fsp3) is 0.526. The maximum absolute atomic E-state index is 13.6. The molecule has 252 valence electrons. The molecule has 7 rings (SSSR count). The lowest BCUT2D eigenvalue weighted by molar-refractivity contribution is -0.148. The number of ether oxygens (including phenoxy) is 1. The maximum Gasteiger partial charge on any atom is 0.495 e. The third-order valence-corrected chi connectivity index (χ3v) is 11.6. The second-order valence-corrected chi connectivity index (χ2v) is 15.3. The predicted octanol–water partition coefficient (Wildman–Crippen LogP) is 6.09. The molecule has 2 saturated heterocycles. The summed E-state index contributed by atoms with van der Waals surface area (Å²) in [4.78, 5) is 49.2. The zero-order valence-electron chi connectivity index (χ0n) is 29.1. The molecule has 9 nitrogen and oxygen atoms in total. The van der Waals surface area contributed by atoms with Gasteiger partial charge in [-0.2, -0.15) is 0 Å². The van der Waals surface area contributed by atoms with Crippen LogP contribution < -0.4 is 5.46 Å². The fourth-order valence-corrected chi connectivity index (χ4v) is 8.16. The van der Waals surface area contributed by atoms with Gasteiger partial charge in [-0.1, -0.05) is 50.2 Å². The van der Waals surface area contributed by atoms with Gasteiger partial charge in [0, 0.05) is 18.4 Å². The molecular formula is C38H46BN3O6. The number of fused-ring (bicyclic) bond motifs is 5. The normalized spacial score (nSPS) is 24.4. The summed E-state index contributed by atoms with van der Waals surface area (Å²) in [6, 6.07) is 12.5. The lowest BCUT2D eigenvalue weighted by atomic mass is 9.70. The number of benzene rings is 2. The van der Waals surface area contributed by atoms with E-state index in [1.807, 2.05) is 24.9 Å². The number of aromatic amines is 1. The molecule has 2 aliphatic carbocycles. The van der Waals surface area contributed by atoms with Gasteiger partial charge in [-0.05, 0) is 92.6 Å². The lowest BCUT2D eigenvalue weighted by Crippen LogP contribution is -2.41. The monoisotopic (exact) mass is 651 g/mol. The number of Topliss-reactive ketones (excluding diaryl/α,β-unsaturated/α-hetero) is 1. The zero-order valence-corrected chi connectivity index (χ0v) is 29.1. The number of H-pyrrole nitrogens is 1. The van der Waals surface area contributed by atoms with E-state index in [2.05, 4.69) is 69.1 Å². The van der Waals surface area contributed by atoms with E-state index in [9.17, 15) is 14.4 Å². The van der Waals surface area contributed by atoms with Gasteiger partial charge in [0.2, 0.25) is 5.91 Å². The first kappa shape index (κ1) is 32.8. The van der Waals surface area contributed by atoms with Crippen LogP contribution in [0.25, 0.3) is 22.4 Å². The third-order valence-electron chi connectivity index (χ3n) is 11.6. The van der Waals surface area contributed by atoms with Crippen LogP contribution in [0.15, 0.2) is 42.6 Å². The zero-order chi connectivity index (χ0) is 34.1. The number of esters is 1. The number of imidazole rings is 1. The Labute approximate surface area is 283 Å². The average Bonchev–Trinajstić information content (AvgIpc) is 3.88. The molecule has 0 radical (unpaired) electrons. The van der Waals surface area contributed by atoms with Crippen molar-refractivity contribution >= 4 is 30.2 Å². The van der Waals surface area contributed by atoms with Crippen LogP contribution in [0.3, 0.4) is 0 Å². The lowest BCUT2D eigenvalue weighted by Gasteiger charge is -2.32. The van der Waals surface area contributed by atoms with Crippen LogP contribution in [0, 0.1) is 11.8 Å². The molecule has 2 unspecified atom stereocenters. The van der Waals surface area contributed by atoms with E-state index in [0.717, 1.165) is 70.5 Å². The molecule has 1 amide bonds. The van der Waals surface area contributed by atoms with E-state index in [1.165, 1.54) is 7.11 Å². The number of rotatable bonds is 8. The summed E-state index contributed by atoms with van der Waals surface area (Å²) in [5.74, 6) is 0.0800. The van der Waals surface area contributed by atoms with Crippen LogP contribution in [0.2, 0.25) is 0 Å². The molecule has 4 aliphatic rings. The molecule has 3 fully saturated rings. The van der Waals surface area contributed by atoms with Crippen molar-refractivity contribution in [3.63, 3.8) is 0 Å². The highest BCUT2D eigenvalue weighted by Crippen LogP contribution is 2.53. The number of amides is 1. The summed E-state index contributed by atoms with van der Waals surface area (Å²) in [7, 11) is 0.854. The van der Waals surface area contributed by atoms with E-state index in [1.54, 1.807) is 0 Å². The molecule has 4 atom stereocenters. The Bertz CT molecular complexity index is 1750. The Morgan fingerprint density at radius 1 is 0.979 bits per heavy atom. The number of carbonyl (C=O) groups excluding carboxylic acids is 3. The molecule has 0 spiro atoms.